The molecule has 2 amide bonds. The Morgan fingerprint density at radius 2 is 2.07 bits per heavy atom. The van der Waals surface area contributed by atoms with Gasteiger partial charge >= 0.3 is 5.97 Å². The van der Waals surface area contributed by atoms with Gasteiger partial charge in [-0.1, -0.05) is 30.3 Å². The molecule has 2 fully saturated rings. The molecule has 0 aliphatic carbocycles. The van der Waals surface area contributed by atoms with Crippen molar-refractivity contribution in [3.8, 4) is 6.07 Å². The summed E-state index contributed by atoms with van der Waals surface area (Å²) in [4.78, 5) is 39.3. The van der Waals surface area contributed by atoms with Crippen molar-refractivity contribution in [2.24, 2.45) is 5.73 Å². The van der Waals surface area contributed by atoms with Gasteiger partial charge in [-0.2, -0.15) is 5.26 Å². The molecule has 0 bridgehead atoms. The molecule has 2 aliphatic rings. The van der Waals surface area contributed by atoms with Crippen LogP contribution in [0.3, 0.4) is 0 Å². The van der Waals surface area contributed by atoms with Crippen LogP contribution in [0, 0.1) is 11.3 Å². The Morgan fingerprint density at radius 3 is 2.72 bits per heavy atom. The van der Waals surface area contributed by atoms with E-state index in [1.165, 1.54) is 16.7 Å². The van der Waals surface area contributed by atoms with Crippen LogP contribution in [0.15, 0.2) is 30.3 Å². The van der Waals surface area contributed by atoms with Crippen LogP contribution in [0.2, 0.25) is 0 Å². The van der Waals surface area contributed by atoms with Crippen molar-refractivity contribution in [3.63, 3.8) is 0 Å². The number of carbonyl (C=O) groups excluding carboxylic acids is 3. The van der Waals surface area contributed by atoms with E-state index >= 15 is 0 Å². The average Bonchev–Trinajstić information content (AvgIpc) is 2.97. The number of benzene rings is 1. The number of fused-ring (bicyclic) bond motifs is 1. The van der Waals surface area contributed by atoms with Crippen LogP contribution in [-0.2, 0) is 19.1 Å². The van der Waals surface area contributed by atoms with E-state index in [0.29, 0.717) is 18.4 Å². The third-order valence-electron chi connectivity index (χ3n) is 5.08. The number of rotatable bonds is 7. The Labute approximate surface area is 173 Å². The first-order valence-electron chi connectivity index (χ1n) is 9.42. The molecule has 1 aromatic carbocycles. The van der Waals surface area contributed by atoms with E-state index < -0.39 is 34.7 Å². The van der Waals surface area contributed by atoms with Gasteiger partial charge in [0.05, 0.1) is 12.7 Å². The lowest BCUT2D eigenvalue weighted by molar-refractivity contribution is -0.164. The van der Waals surface area contributed by atoms with Gasteiger partial charge < -0.3 is 20.7 Å². The fourth-order valence-corrected chi connectivity index (χ4v) is 5.20. The molecule has 1 unspecified atom stereocenters. The van der Waals surface area contributed by atoms with Crippen LogP contribution < -0.4 is 11.1 Å². The maximum atomic E-state index is 12.7. The van der Waals surface area contributed by atoms with E-state index in [2.05, 4.69) is 5.32 Å². The molecule has 3 N–H and O–H groups in total. The molecule has 4 atom stereocenters. The van der Waals surface area contributed by atoms with E-state index in [9.17, 15) is 14.4 Å². The number of carbonyl (C=O) groups is 3. The first-order chi connectivity index (χ1) is 13.8. The highest BCUT2D eigenvalue weighted by atomic mass is 32.2. The average molecular weight is 417 g/mol. The van der Waals surface area contributed by atoms with Crippen molar-refractivity contribution in [2.45, 2.75) is 54.9 Å². The van der Waals surface area contributed by atoms with E-state index in [0.717, 1.165) is 0 Å². The molecule has 0 spiro atoms. The second-order valence-electron chi connectivity index (χ2n) is 7.56. The van der Waals surface area contributed by atoms with Crippen LogP contribution in [0.4, 0.5) is 0 Å². The molecule has 154 valence electrons. The van der Waals surface area contributed by atoms with Gasteiger partial charge in [0.25, 0.3) is 0 Å². The molecule has 29 heavy (non-hydrogen) atoms. The Balaban J connectivity index is 1.64. The van der Waals surface area contributed by atoms with Crippen LogP contribution in [0.25, 0.3) is 0 Å². The molecule has 9 heteroatoms. The zero-order valence-electron chi connectivity index (χ0n) is 16.3. The summed E-state index contributed by atoms with van der Waals surface area (Å²) in [5, 5.41) is 11.0. The van der Waals surface area contributed by atoms with E-state index in [-0.39, 0.29) is 17.9 Å². The maximum Gasteiger partial charge on any atom is 0.330 e. The van der Waals surface area contributed by atoms with Gasteiger partial charge in [-0.15, -0.1) is 11.8 Å². The first kappa shape index (κ1) is 21.1. The fraction of sp³-hybridized carbons (Fsp3) is 0.500. The molecule has 8 nitrogen and oxygen atoms in total. The van der Waals surface area contributed by atoms with E-state index in [4.69, 9.17) is 15.7 Å². The lowest BCUT2D eigenvalue weighted by atomic mass is 9.95. The third kappa shape index (κ3) is 4.09. The number of esters is 1. The van der Waals surface area contributed by atoms with Crippen molar-refractivity contribution >= 4 is 29.5 Å². The van der Waals surface area contributed by atoms with Gasteiger partial charge in [-0.05, 0) is 25.8 Å². The Kier molecular flexibility index (Phi) is 6.15. The number of amides is 2. The zero-order chi connectivity index (χ0) is 21.2. The number of nitrogens with two attached hydrogens (primary N) is 1. The van der Waals surface area contributed by atoms with Crippen molar-refractivity contribution in [2.75, 3.05) is 6.61 Å². The molecule has 0 saturated carbocycles. The predicted molar refractivity (Wildman–Crippen MR) is 107 cm³/mol. The minimum Gasteiger partial charge on any atom is -0.464 e. The first-order valence-corrected chi connectivity index (χ1v) is 10.3. The number of thioether (sulfide) groups is 1. The smallest absolute Gasteiger partial charge is 0.330 e. The van der Waals surface area contributed by atoms with Crippen LogP contribution in [0.1, 0.15) is 38.3 Å². The molecular formula is C20H24N4O4S. The Hall–Kier alpha value is -2.57. The van der Waals surface area contributed by atoms with Crippen molar-refractivity contribution in [1.82, 2.24) is 10.2 Å². The lowest BCUT2D eigenvalue weighted by Gasteiger charge is -2.44. The van der Waals surface area contributed by atoms with Crippen LogP contribution in [-0.4, -0.2) is 51.5 Å². The summed E-state index contributed by atoms with van der Waals surface area (Å²) in [5.41, 5.74) is 6.67. The molecule has 0 radical (unpaired) electrons. The SMILES string of the molecule is CC1(C)S[C@@H]2[C@H](NC(=O)C(N)c3ccccc3)C(=O)N2[C@H]1C(=O)OCCCC#N. The van der Waals surface area contributed by atoms with Crippen molar-refractivity contribution < 1.29 is 19.1 Å². The van der Waals surface area contributed by atoms with Crippen LogP contribution in [0.5, 0.6) is 0 Å². The number of hydrogen-bond acceptors (Lipinski definition) is 7. The molecular weight excluding hydrogens is 392 g/mol. The third-order valence-corrected chi connectivity index (χ3v) is 6.65. The van der Waals surface area contributed by atoms with Gasteiger partial charge in [0, 0.05) is 11.2 Å². The van der Waals surface area contributed by atoms with Gasteiger partial charge in [0.2, 0.25) is 11.8 Å². The fourth-order valence-electron chi connectivity index (χ4n) is 3.58. The lowest BCUT2D eigenvalue weighted by Crippen LogP contribution is -2.71. The minimum atomic E-state index is -0.877. The molecule has 2 heterocycles. The second-order valence-corrected chi connectivity index (χ2v) is 9.33. The summed E-state index contributed by atoms with van der Waals surface area (Å²) in [6, 6.07) is 8.59. The largest absolute Gasteiger partial charge is 0.464 e. The van der Waals surface area contributed by atoms with Gasteiger partial charge in [0.15, 0.2) is 0 Å². The summed E-state index contributed by atoms with van der Waals surface area (Å²) >= 11 is 1.46. The standard InChI is InChI=1S/C20H24N4O4S/c1-20(2)15(19(27)28-11-7-6-10-21)24-17(26)14(18(24)29-20)23-16(25)13(22)12-8-4-3-5-9-12/h3-5,8-9,13-15,18H,6-7,11,22H2,1-2H3,(H,23,25)/t13?,14-,15+,18-/m1/s1. The molecule has 2 aliphatic heterocycles. The summed E-state index contributed by atoms with van der Waals surface area (Å²) in [6.07, 6.45) is 0.757. The predicted octanol–water partition coefficient (Wildman–Crippen LogP) is 1.08. The quantitative estimate of drug-likeness (QED) is 0.387. The number of nitriles is 1. The molecule has 0 aromatic heterocycles. The molecule has 2 saturated heterocycles. The highest BCUT2D eigenvalue weighted by Gasteiger charge is 2.64. The molecule has 3 rings (SSSR count). The summed E-state index contributed by atoms with van der Waals surface area (Å²) in [5.74, 6) is -1.24. The topological polar surface area (TPSA) is 126 Å². The summed E-state index contributed by atoms with van der Waals surface area (Å²) in [7, 11) is 0. The normalized spacial score (nSPS) is 25.4. The number of unbranched alkanes of at least 4 members (excludes halogenated alkanes) is 1. The minimum absolute atomic E-state index is 0.141. The van der Waals surface area contributed by atoms with Crippen molar-refractivity contribution in [3.05, 3.63) is 35.9 Å². The second kappa shape index (κ2) is 8.43. The number of β-lactam (4-membered cyclic amide) rings is 1. The maximum absolute atomic E-state index is 12.7. The monoisotopic (exact) mass is 416 g/mol. The number of nitrogens with one attached hydrogen (secondary N) is 1. The Bertz CT molecular complexity index is 839. The zero-order valence-corrected chi connectivity index (χ0v) is 17.1. The van der Waals surface area contributed by atoms with Crippen LogP contribution >= 0.6 is 11.8 Å². The summed E-state index contributed by atoms with van der Waals surface area (Å²) < 4.78 is 4.71. The van der Waals surface area contributed by atoms with E-state index in [1.807, 2.05) is 26.0 Å². The van der Waals surface area contributed by atoms with Gasteiger partial charge in [-0.25, -0.2) is 4.79 Å². The number of ether oxygens (including phenoxy) is 1. The number of nitrogens with zero attached hydrogens (tertiary/aromatic N) is 2. The molecule has 1 aromatic rings. The van der Waals surface area contributed by atoms with Gasteiger partial charge in [-0.3, -0.25) is 9.59 Å². The Morgan fingerprint density at radius 1 is 1.38 bits per heavy atom. The van der Waals surface area contributed by atoms with Gasteiger partial charge in [0.1, 0.15) is 23.5 Å². The van der Waals surface area contributed by atoms with E-state index in [1.54, 1.807) is 24.3 Å². The summed E-state index contributed by atoms with van der Waals surface area (Å²) in [6.45, 7) is 3.89. The highest BCUT2D eigenvalue weighted by molar-refractivity contribution is 8.01. The van der Waals surface area contributed by atoms with Crippen molar-refractivity contribution in [1.29, 1.82) is 5.26 Å². The number of hydrogen-bond donors (Lipinski definition) is 2. The highest BCUT2D eigenvalue weighted by Crippen LogP contribution is 2.51.